The second-order valence-electron chi connectivity index (χ2n) is 0. The first-order valence-electron chi connectivity index (χ1n) is 0.200. The summed E-state index contributed by atoms with van der Waals surface area (Å²) in [6.07, 6.45) is 0. The Balaban J connectivity index is -0.000000000833. The normalized spacial score (nSPS) is 1.00. The fraction of sp³-hybridized carbons (Fsp3) is 1.00. The van der Waals surface area contributed by atoms with Crippen molar-refractivity contribution in [2.75, 3.05) is 0 Å². The molecule has 0 aromatic rings. The summed E-state index contributed by atoms with van der Waals surface area (Å²) < 4.78 is 0. The van der Waals surface area contributed by atoms with Gasteiger partial charge in [0.2, 0.25) is 0 Å². The smallest absolute Gasteiger partial charge is 0.0776 e. The van der Waals surface area contributed by atoms with Gasteiger partial charge in [-0.05, 0) is 0 Å². The Hall–Kier alpha value is -0.0800. The van der Waals surface area contributed by atoms with E-state index < -0.39 is 0 Å². The van der Waals surface area contributed by atoms with Gasteiger partial charge in [0, 0.05) is 0 Å². The standard InChI is InChI=1S/4CH4.H2O2/c;;;;1-2/h4*1H4;1-2H. The predicted molar refractivity (Wildman–Crippen MR) is 32.2 cm³/mol. The Morgan fingerprint density at radius 2 is 0.500 bits per heavy atom. The summed E-state index contributed by atoms with van der Waals surface area (Å²) in [7, 11) is 0. The van der Waals surface area contributed by atoms with Crippen LogP contribution in [0.4, 0.5) is 0 Å². The molecule has 2 heteroatoms. The molecule has 0 amide bonds. The maximum Gasteiger partial charge on any atom is -0.0776 e. The maximum atomic E-state index is 6.00. The largest absolute Gasteiger partial charge is 0.255 e. The van der Waals surface area contributed by atoms with Gasteiger partial charge in [-0.15, -0.1) is 0 Å². The van der Waals surface area contributed by atoms with E-state index >= 15 is 0 Å². The Labute approximate surface area is 41.4 Å². The molecule has 0 spiro atoms. The van der Waals surface area contributed by atoms with E-state index in [1.165, 1.54) is 0 Å². The maximum absolute atomic E-state index is 6.00. The monoisotopic (exact) mass is 98.1 g/mol. The molecule has 0 saturated heterocycles. The van der Waals surface area contributed by atoms with Crippen molar-refractivity contribution >= 4 is 0 Å². The molecular weight excluding hydrogens is 80.0 g/mol. The van der Waals surface area contributed by atoms with Crippen molar-refractivity contribution in [1.82, 2.24) is 0 Å². The lowest BCUT2D eigenvalue weighted by atomic mass is 12.0. The van der Waals surface area contributed by atoms with Crippen LogP contribution in [0, 0.1) is 0 Å². The molecule has 0 radical (unpaired) electrons. The lowest BCUT2D eigenvalue weighted by Crippen LogP contribution is -1.29. The van der Waals surface area contributed by atoms with Gasteiger partial charge in [0.1, 0.15) is 0 Å². The van der Waals surface area contributed by atoms with Crippen LogP contribution in [0.1, 0.15) is 29.7 Å². The topological polar surface area (TPSA) is 40.5 Å². The van der Waals surface area contributed by atoms with E-state index in [0.29, 0.717) is 0 Å². The van der Waals surface area contributed by atoms with Crippen molar-refractivity contribution in [3.05, 3.63) is 0 Å². The third-order valence-corrected chi connectivity index (χ3v) is 0. The number of hydrogen-bond donors (Lipinski definition) is 2. The molecule has 0 saturated carbocycles. The minimum Gasteiger partial charge on any atom is -0.255 e. The summed E-state index contributed by atoms with van der Waals surface area (Å²) in [6, 6.07) is 0. The fourth-order valence-corrected chi connectivity index (χ4v) is 0. The van der Waals surface area contributed by atoms with Crippen LogP contribution in [0.3, 0.4) is 0 Å². The highest BCUT2D eigenvalue weighted by Gasteiger charge is 0.745. The van der Waals surface area contributed by atoms with Crippen LogP contribution in [-0.2, 0) is 0 Å². The van der Waals surface area contributed by atoms with Gasteiger partial charge in [-0.2, -0.15) is 0 Å². The van der Waals surface area contributed by atoms with Crippen molar-refractivity contribution < 1.29 is 10.5 Å². The van der Waals surface area contributed by atoms with Crippen LogP contribution in [-0.4, -0.2) is 10.5 Å². The van der Waals surface area contributed by atoms with E-state index in [1.54, 1.807) is 0 Å². The van der Waals surface area contributed by atoms with E-state index in [0.717, 1.165) is 0 Å². The minimum absolute atomic E-state index is 0. The minimum atomic E-state index is 0. The average molecular weight is 98.2 g/mol. The van der Waals surface area contributed by atoms with E-state index in [2.05, 4.69) is 0 Å². The van der Waals surface area contributed by atoms with E-state index in [1.807, 2.05) is 0 Å². The SMILES string of the molecule is C.C.C.C.OO. The molecule has 46 valence electrons. The Morgan fingerprint density at radius 3 is 0.500 bits per heavy atom. The molecule has 0 fully saturated rings. The van der Waals surface area contributed by atoms with Crippen LogP contribution < -0.4 is 0 Å². The van der Waals surface area contributed by atoms with Gasteiger partial charge < -0.3 is 0 Å². The molecule has 0 bridgehead atoms. The fourth-order valence-electron chi connectivity index (χ4n) is 0. The molecule has 0 aromatic carbocycles. The zero-order chi connectivity index (χ0) is 2.00. The molecule has 2 N–H and O–H groups in total. The zero-order valence-corrected chi connectivity index (χ0v) is 0.894. The quantitative estimate of drug-likeness (QED) is 0.361. The van der Waals surface area contributed by atoms with Crippen LogP contribution in [0.15, 0.2) is 0 Å². The summed E-state index contributed by atoms with van der Waals surface area (Å²) >= 11 is 0. The van der Waals surface area contributed by atoms with Gasteiger partial charge in [0.15, 0.2) is 0 Å². The van der Waals surface area contributed by atoms with Gasteiger partial charge in [-0.1, -0.05) is 29.7 Å². The molecule has 0 rings (SSSR count). The van der Waals surface area contributed by atoms with Crippen molar-refractivity contribution in [2.45, 2.75) is 29.7 Å². The van der Waals surface area contributed by atoms with Crippen LogP contribution in [0.2, 0.25) is 0 Å². The molecule has 0 heterocycles. The molecule has 0 aliphatic heterocycles. The van der Waals surface area contributed by atoms with Crippen LogP contribution in [0.5, 0.6) is 0 Å². The van der Waals surface area contributed by atoms with Gasteiger partial charge in [-0.25, -0.2) is 0 Å². The molecule has 2 nitrogen and oxygen atoms in total. The Kier molecular flexibility index (Phi) is 333000. The molecule has 6 heavy (non-hydrogen) atoms. The molecule has 0 aliphatic carbocycles. The first kappa shape index (κ1) is 169. The summed E-state index contributed by atoms with van der Waals surface area (Å²) in [6.45, 7) is 0. The Bertz CT molecular complexity index is 5.51. The third kappa shape index (κ3) is 5220. The van der Waals surface area contributed by atoms with E-state index in [4.69, 9.17) is 10.5 Å². The first-order valence-corrected chi connectivity index (χ1v) is 0.200. The highest BCUT2D eigenvalue weighted by molar-refractivity contribution is 2.51. The second-order valence-corrected chi connectivity index (χ2v) is 0. The van der Waals surface area contributed by atoms with Crippen LogP contribution in [0.25, 0.3) is 0 Å². The summed E-state index contributed by atoms with van der Waals surface area (Å²) in [4.78, 5) is 0. The third-order valence-electron chi connectivity index (χ3n) is 0. The summed E-state index contributed by atoms with van der Waals surface area (Å²) in [5, 5.41) is 12.0. The summed E-state index contributed by atoms with van der Waals surface area (Å²) in [5.74, 6) is 0. The van der Waals surface area contributed by atoms with Gasteiger partial charge >= 0.3 is 0 Å². The van der Waals surface area contributed by atoms with E-state index in [9.17, 15) is 0 Å². The molecule has 0 unspecified atom stereocenters. The van der Waals surface area contributed by atoms with Crippen molar-refractivity contribution in [3.8, 4) is 0 Å². The highest BCUT2D eigenvalue weighted by Crippen LogP contribution is 0.711. The van der Waals surface area contributed by atoms with Gasteiger partial charge in [0.25, 0.3) is 0 Å². The molecule has 0 aliphatic rings. The summed E-state index contributed by atoms with van der Waals surface area (Å²) in [5.41, 5.74) is 0. The first-order chi connectivity index (χ1) is 1.00. The highest BCUT2D eigenvalue weighted by atomic mass is 17.0. The Morgan fingerprint density at radius 1 is 0.500 bits per heavy atom. The molecule has 0 atom stereocenters. The van der Waals surface area contributed by atoms with Crippen molar-refractivity contribution in [2.24, 2.45) is 0 Å². The predicted octanol–water partition coefficient (Wildman–Crippen LogP) is 2.56. The average Bonchev–Trinajstić information content (AvgIpc) is 1.00. The van der Waals surface area contributed by atoms with Crippen LogP contribution >= 0.6 is 0 Å². The van der Waals surface area contributed by atoms with Gasteiger partial charge in [-0.3, -0.25) is 10.5 Å². The molecular formula is C4H18O2. The second kappa shape index (κ2) is 11800. The van der Waals surface area contributed by atoms with E-state index in [-0.39, 0.29) is 29.7 Å². The lowest BCUT2D eigenvalue weighted by molar-refractivity contribution is -0.176. The van der Waals surface area contributed by atoms with Gasteiger partial charge in [0.05, 0.1) is 0 Å². The van der Waals surface area contributed by atoms with Crippen molar-refractivity contribution in [1.29, 1.82) is 0 Å². The lowest BCUT2D eigenvalue weighted by Gasteiger charge is -1.25. The zero-order valence-electron chi connectivity index (χ0n) is 0.894. The van der Waals surface area contributed by atoms with Crippen molar-refractivity contribution in [3.63, 3.8) is 0 Å². The molecule has 0 aromatic heterocycles. The number of hydrogen-bond acceptors (Lipinski definition) is 2. The number of rotatable bonds is 0.